The lowest BCUT2D eigenvalue weighted by atomic mass is 10.1. The second-order valence-corrected chi connectivity index (χ2v) is 8.21. The van der Waals surface area contributed by atoms with Crippen molar-refractivity contribution in [2.75, 3.05) is 0 Å². The molecule has 4 heteroatoms. The lowest BCUT2D eigenvalue weighted by Gasteiger charge is -2.20. The van der Waals surface area contributed by atoms with Crippen LogP contribution in [0.2, 0.25) is 0 Å². The Morgan fingerprint density at radius 2 is 1.95 bits per heavy atom. The quantitative estimate of drug-likeness (QED) is 0.791. The highest BCUT2D eigenvalue weighted by Gasteiger charge is 2.22. The lowest BCUT2D eigenvalue weighted by molar-refractivity contribution is 0.649. The smallest absolute Gasteiger partial charge is 0.144 e. The second-order valence-electron chi connectivity index (χ2n) is 6.30. The Labute approximate surface area is 122 Å². The van der Waals surface area contributed by atoms with Crippen molar-refractivity contribution < 1.29 is 4.21 Å². The SMILES string of the molecule is CC(C)(C)S(=O)N=C1CCc2cc3ccccc3n2C1. The average Bonchev–Trinajstić information content (AvgIpc) is 2.76. The van der Waals surface area contributed by atoms with E-state index in [1.807, 2.05) is 20.8 Å². The van der Waals surface area contributed by atoms with Gasteiger partial charge in [-0.1, -0.05) is 18.2 Å². The van der Waals surface area contributed by atoms with E-state index in [0.29, 0.717) is 0 Å². The molecule has 2 aromatic rings. The van der Waals surface area contributed by atoms with Gasteiger partial charge >= 0.3 is 0 Å². The summed E-state index contributed by atoms with van der Waals surface area (Å²) in [5, 5.41) is 1.28. The van der Waals surface area contributed by atoms with E-state index < -0.39 is 11.0 Å². The van der Waals surface area contributed by atoms with Crippen molar-refractivity contribution in [2.45, 2.75) is 44.9 Å². The minimum Gasteiger partial charge on any atom is -0.339 e. The maximum Gasteiger partial charge on any atom is 0.144 e. The van der Waals surface area contributed by atoms with Crippen molar-refractivity contribution in [1.29, 1.82) is 0 Å². The Morgan fingerprint density at radius 1 is 1.20 bits per heavy atom. The minimum absolute atomic E-state index is 0.286. The highest BCUT2D eigenvalue weighted by Crippen LogP contribution is 2.25. The summed E-state index contributed by atoms with van der Waals surface area (Å²) >= 11 is 0. The molecule has 1 aromatic carbocycles. The first-order valence-corrected chi connectivity index (χ1v) is 8.11. The van der Waals surface area contributed by atoms with Gasteiger partial charge in [0.15, 0.2) is 0 Å². The summed E-state index contributed by atoms with van der Waals surface area (Å²) in [5.41, 5.74) is 3.65. The van der Waals surface area contributed by atoms with E-state index in [1.54, 1.807) is 0 Å². The fourth-order valence-electron chi connectivity index (χ4n) is 2.52. The van der Waals surface area contributed by atoms with E-state index >= 15 is 0 Å². The molecule has 0 saturated heterocycles. The summed E-state index contributed by atoms with van der Waals surface area (Å²) < 4.78 is 18.6. The molecule has 1 atom stereocenters. The van der Waals surface area contributed by atoms with Crippen molar-refractivity contribution in [2.24, 2.45) is 4.40 Å². The molecular formula is C16H20N2OS. The molecule has 0 amide bonds. The largest absolute Gasteiger partial charge is 0.339 e. The number of aromatic nitrogens is 1. The lowest BCUT2D eigenvalue weighted by Crippen LogP contribution is -2.24. The number of fused-ring (bicyclic) bond motifs is 3. The van der Waals surface area contributed by atoms with E-state index in [0.717, 1.165) is 25.1 Å². The summed E-state index contributed by atoms with van der Waals surface area (Å²) in [6.45, 7) is 6.66. The van der Waals surface area contributed by atoms with Gasteiger partial charge in [0.1, 0.15) is 11.0 Å². The third-order valence-corrected chi connectivity index (χ3v) is 5.11. The zero-order chi connectivity index (χ0) is 14.3. The van der Waals surface area contributed by atoms with Crippen LogP contribution in [0.15, 0.2) is 34.7 Å². The third kappa shape index (κ3) is 2.44. The van der Waals surface area contributed by atoms with Crippen molar-refractivity contribution in [3.63, 3.8) is 0 Å². The molecular weight excluding hydrogens is 268 g/mol. The first-order valence-electron chi connectivity index (χ1n) is 7.01. The van der Waals surface area contributed by atoms with Gasteiger partial charge in [0.05, 0.1) is 11.3 Å². The predicted octanol–water partition coefficient (Wildman–Crippen LogP) is 3.49. The van der Waals surface area contributed by atoms with Crippen LogP contribution in [0, 0.1) is 0 Å². The van der Waals surface area contributed by atoms with Gasteiger partial charge in [0.2, 0.25) is 0 Å². The second kappa shape index (κ2) is 4.85. The van der Waals surface area contributed by atoms with Gasteiger partial charge in [-0.2, -0.15) is 4.40 Å². The molecule has 0 bridgehead atoms. The van der Waals surface area contributed by atoms with E-state index in [1.165, 1.54) is 16.6 Å². The van der Waals surface area contributed by atoms with Crippen LogP contribution in [-0.2, 0) is 24.0 Å². The zero-order valence-corrected chi connectivity index (χ0v) is 13.0. The first-order chi connectivity index (χ1) is 9.45. The predicted molar refractivity (Wildman–Crippen MR) is 85.6 cm³/mol. The Balaban J connectivity index is 1.96. The van der Waals surface area contributed by atoms with Gasteiger partial charge < -0.3 is 4.57 Å². The number of benzene rings is 1. The van der Waals surface area contributed by atoms with Crippen LogP contribution in [0.5, 0.6) is 0 Å². The van der Waals surface area contributed by atoms with Gasteiger partial charge in [-0.3, -0.25) is 0 Å². The number of rotatable bonds is 1. The number of para-hydroxylation sites is 1. The van der Waals surface area contributed by atoms with Crippen LogP contribution >= 0.6 is 0 Å². The third-order valence-electron chi connectivity index (χ3n) is 3.64. The standard InChI is InChI=1S/C16H20N2OS/c1-16(2,3)20(19)17-13-8-9-14-10-12-6-4-5-7-15(12)18(14)11-13/h4-7,10H,8-9,11H2,1-3H3. The van der Waals surface area contributed by atoms with Crippen molar-refractivity contribution in [1.82, 2.24) is 4.57 Å². The summed E-state index contributed by atoms with van der Waals surface area (Å²) in [6.07, 6.45) is 1.90. The highest BCUT2D eigenvalue weighted by molar-refractivity contribution is 7.85. The summed E-state index contributed by atoms with van der Waals surface area (Å²) in [5.74, 6) is 0. The number of hydrogen-bond acceptors (Lipinski definition) is 1. The van der Waals surface area contributed by atoms with Crippen LogP contribution in [0.25, 0.3) is 10.9 Å². The monoisotopic (exact) mass is 288 g/mol. The van der Waals surface area contributed by atoms with Gasteiger partial charge in [0, 0.05) is 16.9 Å². The number of nitrogens with zero attached hydrogens (tertiary/aromatic N) is 2. The topological polar surface area (TPSA) is 34.4 Å². The maximum absolute atomic E-state index is 12.2. The molecule has 0 aliphatic carbocycles. The summed E-state index contributed by atoms with van der Waals surface area (Å²) in [7, 11) is -1.16. The van der Waals surface area contributed by atoms with Gasteiger partial charge in [-0.25, -0.2) is 4.21 Å². The number of hydrogen-bond donors (Lipinski definition) is 0. The molecule has 0 fully saturated rings. The first kappa shape index (κ1) is 13.6. The van der Waals surface area contributed by atoms with Crippen molar-refractivity contribution >= 4 is 27.6 Å². The Kier molecular flexibility index (Phi) is 3.28. The number of aryl methyl sites for hydroxylation is 1. The fraction of sp³-hybridized carbons (Fsp3) is 0.438. The zero-order valence-electron chi connectivity index (χ0n) is 12.2. The minimum atomic E-state index is -1.16. The average molecular weight is 288 g/mol. The summed E-state index contributed by atoms with van der Waals surface area (Å²) in [4.78, 5) is 0. The Hall–Kier alpha value is -1.42. The molecule has 106 valence electrons. The van der Waals surface area contributed by atoms with Gasteiger partial charge in [-0.15, -0.1) is 0 Å². The van der Waals surface area contributed by atoms with Crippen LogP contribution < -0.4 is 0 Å². The Morgan fingerprint density at radius 3 is 2.70 bits per heavy atom. The van der Waals surface area contributed by atoms with Crippen molar-refractivity contribution in [3.8, 4) is 0 Å². The molecule has 0 N–H and O–H groups in total. The maximum atomic E-state index is 12.2. The molecule has 20 heavy (non-hydrogen) atoms. The molecule has 3 rings (SSSR count). The molecule has 1 aromatic heterocycles. The Bertz CT molecular complexity index is 707. The molecule has 1 aliphatic rings. The van der Waals surface area contributed by atoms with Crippen LogP contribution in [0.1, 0.15) is 32.9 Å². The molecule has 1 unspecified atom stereocenters. The van der Waals surface area contributed by atoms with Crippen LogP contribution in [0.3, 0.4) is 0 Å². The molecule has 3 nitrogen and oxygen atoms in total. The highest BCUT2D eigenvalue weighted by atomic mass is 32.2. The normalized spacial score (nSPS) is 19.2. The van der Waals surface area contributed by atoms with Gasteiger partial charge in [0.25, 0.3) is 0 Å². The molecule has 0 saturated carbocycles. The summed E-state index contributed by atoms with van der Waals surface area (Å²) in [6, 6.07) is 10.7. The van der Waals surface area contributed by atoms with Crippen LogP contribution in [-0.4, -0.2) is 19.2 Å². The van der Waals surface area contributed by atoms with Crippen molar-refractivity contribution in [3.05, 3.63) is 36.0 Å². The molecule has 2 heterocycles. The van der Waals surface area contributed by atoms with E-state index in [2.05, 4.69) is 39.3 Å². The van der Waals surface area contributed by atoms with Crippen LogP contribution in [0.4, 0.5) is 0 Å². The molecule has 0 spiro atoms. The fourth-order valence-corrected chi connectivity index (χ4v) is 3.18. The van der Waals surface area contributed by atoms with E-state index in [4.69, 9.17) is 0 Å². The van der Waals surface area contributed by atoms with E-state index in [-0.39, 0.29) is 4.75 Å². The molecule has 0 radical (unpaired) electrons. The van der Waals surface area contributed by atoms with Gasteiger partial charge in [-0.05, 0) is 51.1 Å². The molecule has 1 aliphatic heterocycles. The van der Waals surface area contributed by atoms with E-state index in [9.17, 15) is 4.21 Å².